The summed E-state index contributed by atoms with van der Waals surface area (Å²) in [6, 6.07) is 0. The second kappa shape index (κ2) is 13.1. The van der Waals surface area contributed by atoms with Crippen molar-refractivity contribution in [2.45, 2.75) is 64.7 Å². The molecule has 0 aromatic carbocycles. The Morgan fingerprint density at radius 1 is 1.00 bits per heavy atom. The van der Waals surface area contributed by atoms with Crippen LogP contribution in [0.15, 0.2) is 12.3 Å². The monoisotopic (exact) mass is 208 g/mol. The van der Waals surface area contributed by atoms with E-state index >= 15 is 0 Å². The lowest BCUT2D eigenvalue weighted by Crippen LogP contribution is -1.80. The number of allylic oxidation sites excluding steroid dienone is 1. The molecule has 0 spiro atoms. The topological polar surface area (TPSA) is 9.23 Å². The number of ether oxygens (including phenoxy) is 1. The van der Waals surface area contributed by atoms with E-state index in [4.69, 9.17) is 6.42 Å². The van der Waals surface area contributed by atoms with E-state index in [1.54, 1.807) is 6.26 Å². The van der Waals surface area contributed by atoms with E-state index in [2.05, 4.69) is 17.8 Å². The van der Waals surface area contributed by atoms with Crippen molar-refractivity contribution in [2.24, 2.45) is 0 Å². The molecular weight excluding hydrogens is 184 g/mol. The summed E-state index contributed by atoms with van der Waals surface area (Å²) in [7, 11) is 0. The maximum atomic E-state index is 4.93. The van der Waals surface area contributed by atoms with Gasteiger partial charge in [0.05, 0.1) is 6.26 Å². The van der Waals surface area contributed by atoms with Crippen LogP contribution in [0.25, 0.3) is 0 Å². The molecule has 0 aromatic rings. The van der Waals surface area contributed by atoms with Gasteiger partial charge in [-0.1, -0.05) is 58.3 Å². The number of terminal acetylenes is 1. The average Bonchev–Trinajstić information content (AvgIpc) is 2.26. The normalized spacial score (nSPS) is 10.4. The Kier molecular flexibility index (Phi) is 12.3. The van der Waals surface area contributed by atoms with Gasteiger partial charge in [-0.2, -0.15) is 0 Å². The molecule has 0 aliphatic carbocycles. The Hall–Kier alpha value is -0.900. The third-order valence-corrected chi connectivity index (χ3v) is 2.46. The number of unbranched alkanes of at least 4 members (excludes halogenated alkanes) is 8. The third kappa shape index (κ3) is 13.1. The summed E-state index contributed by atoms with van der Waals surface area (Å²) < 4.78 is 4.65. The van der Waals surface area contributed by atoms with Gasteiger partial charge in [-0.25, -0.2) is 0 Å². The van der Waals surface area contributed by atoms with E-state index in [-0.39, 0.29) is 0 Å². The first-order valence-corrected chi connectivity index (χ1v) is 6.18. The maximum absolute atomic E-state index is 4.93. The van der Waals surface area contributed by atoms with Gasteiger partial charge in [-0.3, -0.25) is 0 Å². The molecule has 0 amide bonds. The van der Waals surface area contributed by atoms with Crippen molar-refractivity contribution >= 4 is 0 Å². The van der Waals surface area contributed by atoms with Crippen molar-refractivity contribution in [2.75, 3.05) is 0 Å². The van der Waals surface area contributed by atoms with E-state index < -0.39 is 0 Å². The molecular formula is C14H24O. The number of hydrogen-bond acceptors (Lipinski definition) is 1. The summed E-state index contributed by atoms with van der Waals surface area (Å²) >= 11 is 0. The van der Waals surface area contributed by atoms with Gasteiger partial charge in [0, 0.05) is 0 Å². The summed E-state index contributed by atoms with van der Waals surface area (Å²) in [4.78, 5) is 0. The summed E-state index contributed by atoms with van der Waals surface area (Å²) in [5.74, 6) is 0. The minimum atomic E-state index is 1.08. The fourth-order valence-corrected chi connectivity index (χ4v) is 1.55. The van der Waals surface area contributed by atoms with Gasteiger partial charge in [0.2, 0.25) is 0 Å². The Labute approximate surface area is 94.9 Å². The fraction of sp³-hybridized carbons (Fsp3) is 0.714. The Bertz CT molecular complexity index is 176. The molecule has 0 heterocycles. The van der Waals surface area contributed by atoms with Gasteiger partial charge >= 0.3 is 0 Å². The highest BCUT2D eigenvalue weighted by atomic mass is 16.5. The molecule has 0 unspecified atom stereocenters. The molecule has 0 rings (SSSR count). The molecule has 0 aliphatic rings. The fourth-order valence-electron chi connectivity index (χ4n) is 1.55. The average molecular weight is 208 g/mol. The third-order valence-electron chi connectivity index (χ3n) is 2.46. The first-order chi connectivity index (χ1) is 7.41. The van der Waals surface area contributed by atoms with Crippen molar-refractivity contribution in [1.29, 1.82) is 0 Å². The summed E-state index contributed by atoms with van der Waals surface area (Å²) in [6.45, 7) is 2.25. The van der Waals surface area contributed by atoms with Crippen molar-refractivity contribution in [3.05, 3.63) is 12.3 Å². The van der Waals surface area contributed by atoms with E-state index in [9.17, 15) is 0 Å². The number of hydrogen-bond donors (Lipinski definition) is 0. The van der Waals surface area contributed by atoms with Crippen molar-refractivity contribution in [1.82, 2.24) is 0 Å². The second-order valence-corrected chi connectivity index (χ2v) is 3.87. The van der Waals surface area contributed by atoms with Gasteiger partial charge in [0.15, 0.2) is 0 Å². The Morgan fingerprint density at radius 2 is 1.60 bits per heavy atom. The van der Waals surface area contributed by atoms with E-state index in [0.29, 0.717) is 0 Å². The van der Waals surface area contributed by atoms with Gasteiger partial charge in [0.25, 0.3) is 0 Å². The highest BCUT2D eigenvalue weighted by Gasteiger charge is 1.90. The maximum Gasteiger partial charge on any atom is 0.112 e. The lowest BCUT2D eigenvalue weighted by Gasteiger charge is -1.99. The molecule has 0 radical (unpaired) electrons. The van der Waals surface area contributed by atoms with Crippen LogP contribution in [0.3, 0.4) is 0 Å². The molecule has 15 heavy (non-hydrogen) atoms. The van der Waals surface area contributed by atoms with Crippen LogP contribution < -0.4 is 0 Å². The van der Waals surface area contributed by atoms with Crippen molar-refractivity contribution in [3.63, 3.8) is 0 Å². The molecule has 0 N–H and O–H groups in total. The highest BCUT2D eigenvalue weighted by Crippen LogP contribution is 2.09. The zero-order valence-electron chi connectivity index (χ0n) is 10.0. The summed E-state index contributed by atoms with van der Waals surface area (Å²) in [6.07, 6.45) is 22.6. The van der Waals surface area contributed by atoms with Crippen molar-refractivity contribution < 1.29 is 4.74 Å². The minimum Gasteiger partial charge on any atom is -0.416 e. The van der Waals surface area contributed by atoms with Crippen LogP contribution in [0.4, 0.5) is 0 Å². The summed E-state index contributed by atoms with van der Waals surface area (Å²) in [5.41, 5.74) is 0. The van der Waals surface area contributed by atoms with Crippen molar-refractivity contribution in [3.8, 4) is 12.5 Å². The quantitative estimate of drug-likeness (QED) is 0.289. The van der Waals surface area contributed by atoms with E-state index in [0.717, 1.165) is 6.42 Å². The molecule has 0 fully saturated rings. The molecule has 1 heteroatoms. The first kappa shape index (κ1) is 14.1. The van der Waals surface area contributed by atoms with Crippen LogP contribution in [0.1, 0.15) is 64.7 Å². The van der Waals surface area contributed by atoms with Gasteiger partial charge < -0.3 is 4.74 Å². The highest BCUT2D eigenvalue weighted by molar-refractivity contribution is 4.79. The number of rotatable bonds is 10. The van der Waals surface area contributed by atoms with Crippen LogP contribution in [-0.2, 0) is 4.74 Å². The standard InChI is InChI=1S/C14H24O/c1-3-5-6-7-8-9-10-11-12-13-14-15-4-2/h2,13-14H,3,5-12H2,1H3. The molecule has 0 aliphatic heterocycles. The van der Waals surface area contributed by atoms with Crippen LogP contribution in [0, 0.1) is 12.5 Å². The first-order valence-electron chi connectivity index (χ1n) is 6.18. The smallest absolute Gasteiger partial charge is 0.112 e. The zero-order valence-corrected chi connectivity index (χ0v) is 10.0. The summed E-state index contributed by atoms with van der Waals surface area (Å²) in [5, 5.41) is 0. The largest absolute Gasteiger partial charge is 0.416 e. The van der Waals surface area contributed by atoms with Crippen LogP contribution in [0.2, 0.25) is 0 Å². The van der Waals surface area contributed by atoms with Crippen LogP contribution in [0.5, 0.6) is 0 Å². The van der Waals surface area contributed by atoms with E-state index in [1.165, 1.54) is 51.4 Å². The van der Waals surface area contributed by atoms with Gasteiger partial charge in [-0.05, 0) is 18.9 Å². The SMILES string of the molecule is C#COC=CCCCCCCCCCC. The van der Waals surface area contributed by atoms with Gasteiger partial charge in [0.1, 0.15) is 6.11 Å². The molecule has 0 bridgehead atoms. The van der Waals surface area contributed by atoms with Gasteiger partial charge in [-0.15, -0.1) is 0 Å². The van der Waals surface area contributed by atoms with E-state index in [1.807, 2.05) is 6.08 Å². The molecule has 0 saturated carbocycles. The molecule has 0 atom stereocenters. The molecule has 86 valence electrons. The molecule has 0 saturated heterocycles. The Balaban J connectivity index is 2.96. The predicted molar refractivity (Wildman–Crippen MR) is 66.3 cm³/mol. The molecule has 0 aromatic heterocycles. The minimum absolute atomic E-state index is 1.08. The van der Waals surface area contributed by atoms with Crippen LogP contribution >= 0.6 is 0 Å². The lowest BCUT2D eigenvalue weighted by molar-refractivity contribution is 0.437. The molecule has 1 nitrogen and oxygen atoms in total. The predicted octanol–water partition coefficient (Wildman–Crippen LogP) is 4.64. The Morgan fingerprint density at radius 3 is 2.20 bits per heavy atom. The van der Waals surface area contributed by atoms with Crippen LogP contribution in [-0.4, -0.2) is 0 Å². The zero-order chi connectivity index (χ0) is 11.2. The second-order valence-electron chi connectivity index (χ2n) is 3.87. The lowest BCUT2D eigenvalue weighted by atomic mass is 10.1.